The highest BCUT2D eigenvalue weighted by molar-refractivity contribution is 5.79. The second-order valence-electron chi connectivity index (χ2n) is 6.15. The van der Waals surface area contributed by atoms with Crippen LogP contribution in [0.1, 0.15) is 29.5 Å². The highest BCUT2D eigenvalue weighted by atomic mass is 19.4. The first-order chi connectivity index (χ1) is 12.8. The molecule has 0 aliphatic rings. The summed E-state index contributed by atoms with van der Waals surface area (Å²) in [5.74, 6) is 1.50. The number of rotatable bonds is 6. The lowest BCUT2D eigenvalue weighted by molar-refractivity contribution is -0.137. The lowest BCUT2D eigenvalue weighted by Gasteiger charge is -2.18. The normalized spacial score (nSPS) is 13.2. The number of methoxy groups -OCH3 is 1. The molecule has 0 saturated carbocycles. The van der Waals surface area contributed by atoms with Gasteiger partial charge in [0.05, 0.1) is 12.7 Å². The summed E-state index contributed by atoms with van der Waals surface area (Å²) < 4.78 is 43.8. The van der Waals surface area contributed by atoms with E-state index in [1.165, 1.54) is 6.07 Å². The SMILES string of the molecule is CN=C(NCc1cccc(C(F)(F)F)c1)NCC(C)c1ccccc1OC. The minimum Gasteiger partial charge on any atom is -0.496 e. The van der Waals surface area contributed by atoms with Crippen molar-refractivity contribution in [2.45, 2.75) is 25.6 Å². The third kappa shape index (κ3) is 5.91. The molecule has 0 fully saturated rings. The van der Waals surface area contributed by atoms with Crippen LogP contribution in [0.3, 0.4) is 0 Å². The number of nitrogens with zero attached hydrogens (tertiary/aromatic N) is 1. The number of guanidine groups is 1. The van der Waals surface area contributed by atoms with Crippen LogP contribution in [0.2, 0.25) is 0 Å². The van der Waals surface area contributed by atoms with E-state index >= 15 is 0 Å². The Hall–Kier alpha value is -2.70. The first-order valence-corrected chi connectivity index (χ1v) is 8.58. The molecule has 0 aliphatic heterocycles. The number of alkyl halides is 3. The number of aliphatic imine (C=N–C) groups is 1. The van der Waals surface area contributed by atoms with Crippen LogP contribution in [0, 0.1) is 0 Å². The van der Waals surface area contributed by atoms with Gasteiger partial charge >= 0.3 is 6.18 Å². The summed E-state index contributed by atoms with van der Waals surface area (Å²) in [6.45, 7) is 2.90. The summed E-state index contributed by atoms with van der Waals surface area (Å²) in [5, 5.41) is 6.24. The molecule has 0 radical (unpaired) electrons. The van der Waals surface area contributed by atoms with Gasteiger partial charge in [-0.25, -0.2) is 0 Å². The van der Waals surface area contributed by atoms with Crippen LogP contribution in [-0.4, -0.2) is 26.7 Å². The Balaban J connectivity index is 1.93. The molecule has 0 aliphatic carbocycles. The van der Waals surface area contributed by atoms with E-state index < -0.39 is 11.7 Å². The zero-order valence-electron chi connectivity index (χ0n) is 15.6. The molecule has 0 amide bonds. The minimum absolute atomic E-state index is 0.160. The molecule has 146 valence electrons. The number of benzene rings is 2. The quantitative estimate of drug-likeness (QED) is 0.585. The lowest BCUT2D eigenvalue weighted by Crippen LogP contribution is -2.38. The van der Waals surface area contributed by atoms with Crippen LogP contribution in [0.15, 0.2) is 53.5 Å². The van der Waals surface area contributed by atoms with Crippen LogP contribution in [0.5, 0.6) is 5.75 Å². The van der Waals surface area contributed by atoms with Crippen molar-refractivity contribution >= 4 is 5.96 Å². The van der Waals surface area contributed by atoms with Crippen LogP contribution in [0.25, 0.3) is 0 Å². The van der Waals surface area contributed by atoms with Crippen molar-refractivity contribution in [2.24, 2.45) is 4.99 Å². The lowest BCUT2D eigenvalue weighted by atomic mass is 10.0. The van der Waals surface area contributed by atoms with Crippen molar-refractivity contribution in [3.05, 3.63) is 65.2 Å². The van der Waals surface area contributed by atoms with Gasteiger partial charge in [0.15, 0.2) is 5.96 Å². The van der Waals surface area contributed by atoms with Crippen molar-refractivity contribution in [3.63, 3.8) is 0 Å². The molecule has 2 aromatic carbocycles. The van der Waals surface area contributed by atoms with E-state index in [9.17, 15) is 13.2 Å². The Morgan fingerprint density at radius 1 is 1.11 bits per heavy atom. The van der Waals surface area contributed by atoms with Crippen molar-refractivity contribution in [3.8, 4) is 5.75 Å². The Kier molecular flexibility index (Phi) is 7.10. The average molecular weight is 379 g/mol. The van der Waals surface area contributed by atoms with Gasteiger partial charge in [-0.1, -0.05) is 37.3 Å². The fraction of sp³-hybridized carbons (Fsp3) is 0.350. The number of hydrogen-bond acceptors (Lipinski definition) is 2. The van der Waals surface area contributed by atoms with Gasteiger partial charge in [-0.15, -0.1) is 0 Å². The molecule has 7 heteroatoms. The van der Waals surface area contributed by atoms with Crippen LogP contribution in [-0.2, 0) is 12.7 Å². The molecule has 0 aromatic heterocycles. The molecular formula is C20H24F3N3O. The van der Waals surface area contributed by atoms with Crippen molar-refractivity contribution in [1.82, 2.24) is 10.6 Å². The van der Waals surface area contributed by atoms with Gasteiger partial charge in [-0.3, -0.25) is 4.99 Å². The molecule has 0 heterocycles. The van der Waals surface area contributed by atoms with Gasteiger partial charge in [0.2, 0.25) is 0 Å². The predicted octanol–water partition coefficient (Wildman–Crippen LogP) is 4.18. The van der Waals surface area contributed by atoms with Gasteiger partial charge in [-0.2, -0.15) is 13.2 Å². The molecule has 2 N–H and O–H groups in total. The summed E-state index contributed by atoms with van der Waals surface area (Å²) >= 11 is 0. The number of ether oxygens (including phenoxy) is 1. The van der Waals surface area contributed by atoms with E-state index in [0.29, 0.717) is 18.1 Å². The number of para-hydroxylation sites is 1. The van der Waals surface area contributed by atoms with E-state index in [-0.39, 0.29) is 12.5 Å². The second kappa shape index (κ2) is 9.30. The van der Waals surface area contributed by atoms with Gasteiger partial charge in [-0.05, 0) is 29.3 Å². The molecule has 2 aromatic rings. The summed E-state index contributed by atoms with van der Waals surface area (Å²) in [4.78, 5) is 4.12. The maximum atomic E-state index is 12.8. The molecule has 1 unspecified atom stereocenters. The Labute approximate surface area is 157 Å². The molecule has 4 nitrogen and oxygen atoms in total. The third-order valence-electron chi connectivity index (χ3n) is 4.18. The van der Waals surface area contributed by atoms with Crippen LogP contribution in [0.4, 0.5) is 13.2 Å². The molecule has 2 rings (SSSR count). The monoisotopic (exact) mass is 379 g/mol. The number of nitrogens with one attached hydrogen (secondary N) is 2. The van der Waals surface area contributed by atoms with Gasteiger partial charge in [0.25, 0.3) is 0 Å². The minimum atomic E-state index is -4.35. The van der Waals surface area contributed by atoms with Crippen molar-refractivity contribution in [1.29, 1.82) is 0 Å². The first-order valence-electron chi connectivity index (χ1n) is 8.58. The number of hydrogen-bond donors (Lipinski definition) is 2. The highest BCUT2D eigenvalue weighted by Gasteiger charge is 2.30. The second-order valence-corrected chi connectivity index (χ2v) is 6.15. The first kappa shape index (κ1) is 20.6. The highest BCUT2D eigenvalue weighted by Crippen LogP contribution is 2.29. The Bertz CT molecular complexity index is 775. The van der Waals surface area contributed by atoms with Crippen molar-refractivity contribution in [2.75, 3.05) is 20.7 Å². The standard InChI is InChI=1S/C20H24F3N3O/c1-14(17-9-4-5-10-18(17)27-3)12-25-19(24-2)26-13-15-7-6-8-16(11-15)20(21,22)23/h4-11,14H,12-13H2,1-3H3,(H2,24,25,26). The maximum absolute atomic E-state index is 12.8. The molecule has 0 saturated heterocycles. The summed E-state index contributed by atoms with van der Waals surface area (Å²) in [7, 11) is 3.25. The van der Waals surface area contributed by atoms with E-state index in [2.05, 4.69) is 22.5 Å². The topological polar surface area (TPSA) is 45.7 Å². The largest absolute Gasteiger partial charge is 0.496 e. The van der Waals surface area contributed by atoms with Gasteiger partial charge < -0.3 is 15.4 Å². The third-order valence-corrected chi connectivity index (χ3v) is 4.18. The zero-order valence-corrected chi connectivity index (χ0v) is 15.6. The fourth-order valence-corrected chi connectivity index (χ4v) is 2.70. The summed E-state index contributed by atoms with van der Waals surface area (Å²) in [6.07, 6.45) is -4.35. The van der Waals surface area contributed by atoms with E-state index in [1.807, 2.05) is 24.3 Å². The molecule has 0 bridgehead atoms. The summed E-state index contributed by atoms with van der Waals surface area (Å²) in [5.41, 5.74) is 0.945. The predicted molar refractivity (Wildman–Crippen MR) is 101 cm³/mol. The molecular weight excluding hydrogens is 355 g/mol. The van der Waals surface area contributed by atoms with Crippen molar-refractivity contribution < 1.29 is 17.9 Å². The zero-order chi connectivity index (χ0) is 19.9. The molecule has 27 heavy (non-hydrogen) atoms. The van der Waals surface area contributed by atoms with Crippen LogP contribution >= 0.6 is 0 Å². The Morgan fingerprint density at radius 3 is 2.52 bits per heavy atom. The van der Waals surface area contributed by atoms with E-state index in [1.54, 1.807) is 20.2 Å². The van der Waals surface area contributed by atoms with E-state index in [0.717, 1.165) is 23.4 Å². The number of halogens is 3. The average Bonchev–Trinajstić information content (AvgIpc) is 2.67. The smallest absolute Gasteiger partial charge is 0.416 e. The molecule has 1 atom stereocenters. The van der Waals surface area contributed by atoms with E-state index in [4.69, 9.17) is 4.74 Å². The maximum Gasteiger partial charge on any atom is 0.416 e. The Morgan fingerprint density at radius 2 is 1.85 bits per heavy atom. The fourth-order valence-electron chi connectivity index (χ4n) is 2.70. The van der Waals surface area contributed by atoms with Gasteiger partial charge in [0.1, 0.15) is 5.75 Å². The van der Waals surface area contributed by atoms with Gasteiger partial charge in [0, 0.05) is 26.1 Å². The van der Waals surface area contributed by atoms with Crippen LogP contribution < -0.4 is 15.4 Å². The molecule has 0 spiro atoms. The summed E-state index contributed by atoms with van der Waals surface area (Å²) in [6, 6.07) is 13.0.